The van der Waals surface area contributed by atoms with E-state index in [9.17, 15) is 13.6 Å². The Kier molecular flexibility index (Phi) is 2.07. The number of hydrogen-bond donors (Lipinski definition) is 0. The SMILES string of the molecule is O=C=NC1(c2c(F)cc3c(c2F)CCO3)CC1. The Morgan fingerprint density at radius 1 is 1.41 bits per heavy atom. The monoisotopic (exact) mass is 237 g/mol. The first-order valence-corrected chi connectivity index (χ1v) is 5.41. The molecule has 0 bridgehead atoms. The summed E-state index contributed by atoms with van der Waals surface area (Å²) in [6.07, 6.45) is 2.79. The Morgan fingerprint density at radius 2 is 2.18 bits per heavy atom. The maximum atomic E-state index is 14.2. The summed E-state index contributed by atoms with van der Waals surface area (Å²) in [6, 6.07) is 1.18. The molecule has 0 aromatic heterocycles. The lowest BCUT2D eigenvalue weighted by atomic mass is 9.99. The third kappa shape index (κ3) is 1.39. The first kappa shape index (κ1) is 10.4. The van der Waals surface area contributed by atoms with Crippen LogP contribution in [-0.2, 0) is 16.8 Å². The van der Waals surface area contributed by atoms with E-state index in [0.29, 0.717) is 31.4 Å². The van der Waals surface area contributed by atoms with Crippen LogP contribution in [0.25, 0.3) is 0 Å². The molecule has 0 unspecified atom stereocenters. The highest BCUT2D eigenvalue weighted by Gasteiger charge is 2.49. The summed E-state index contributed by atoms with van der Waals surface area (Å²) in [7, 11) is 0. The summed E-state index contributed by atoms with van der Waals surface area (Å²) < 4.78 is 33.2. The lowest BCUT2D eigenvalue weighted by Gasteiger charge is -2.13. The summed E-state index contributed by atoms with van der Waals surface area (Å²) in [5.74, 6) is -1.05. The van der Waals surface area contributed by atoms with Gasteiger partial charge in [-0.15, -0.1) is 0 Å². The molecule has 0 atom stereocenters. The van der Waals surface area contributed by atoms with Gasteiger partial charge >= 0.3 is 0 Å². The van der Waals surface area contributed by atoms with Crippen molar-refractivity contribution in [3.05, 3.63) is 28.8 Å². The predicted octanol–water partition coefficient (Wildman–Crippen LogP) is 2.22. The molecular weight excluding hydrogens is 228 g/mol. The molecule has 0 N–H and O–H groups in total. The fourth-order valence-corrected chi connectivity index (χ4v) is 2.31. The van der Waals surface area contributed by atoms with Crippen molar-refractivity contribution < 1.29 is 18.3 Å². The smallest absolute Gasteiger partial charge is 0.235 e. The van der Waals surface area contributed by atoms with E-state index in [1.54, 1.807) is 0 Å². The number of rotatable bonds is 2. The lowest BCUT2D eigenvalue weighted by Crippen LogP contribution is -2.10. The van der Waals surface area contributed by atoms with Crippen LogP contribution in [-0.4, -0.2) is 12.7 Å². The lowest BCUT2D eigenvalue weighted by molar-refractivity contribution is 0.354. The highest BCUT2D eigenvalue weighted by atomic mass is 19.1. The van der Waals surface area contributed by atoms with Gasteiger partial charge in [-0.2, -0.15) is 4.99 Å². The molecule has 0 amide bonds. The van der Waals surface area contributed by atoms with Gasteiger partial charge in [0.1, 0.15) is 22.9 Å². The Balaban J connectivity index is 2.21. The van der Waals surface area contributed by atoms with Gasteiger partial charge in [-0.05, 0) is 12.8 Å². The normalized spacial score (nSPS) is 19.2. The molecule has 3 nitrogen and oxygen atoms in total. The minimum Gasteiger partial charge on any atom is -0.493 e. The topological polar surface area (TPSA) is 38.7 Å². The number of ether oxygens (including phenoxy) is 1. The largest absolute Gasteiger partial charge is 0.493 e. The molecule has 3 rings (SSSR count). The molecule has 0 saturated heterocycles. The standard InChI is InChI=1S/C12H9F2NO2/c13-8-5-9-7(1-4-17-9)11(14)10(8)12(2-3-12)15-6-16/h5H,1-4H2. The molecule has 1 aromatic rings. The van der Waals surface area contributed by atoms with E-state index in [1.165, 1.54) is 12.1 Å². The number of fused-ring (bicyclic) bond motifs is 1. The van der Waals surface area contributed by atoms with Crippen LogP contribution >= 0.6 is 0 Å². The first-order valence-electron chi connectivity index (χ1n) is 5.41. The molecule has 1 heterocycles. The molecule has 0 radical (unpaired) electrons. The zero-order valence-corrected chi connectivity index (χ0v) is 8.93. The zero-order chi connectivity index (χ0) is 12.0. The second-order valence-electron chi connectivity index (χ2n) is 4.36. The van der Waals surface area contributed by atoms with Gasteiger partial charge in [-0.3, -0.25) is 0 Å². The Morgan fingerprint density at radius 3 is 2.82 bits per heavy atom. The van der Waals surface area contributed by atoms with E-state index in [2.05, 4.69) is 4.99 Å². The van der Waals surface area contributed by atoms with E-state index in [4.69, 9.17) is 4.74 Å². The van der Waals surface area contributed by atoms with Crippen molar-refractivity contribution in [2.24, 2.45) is 4.99 Å². The highest BCUT2D eigenvalue weighted by molar-refractivity contribution is 5.48. The molecule has 1 saturated carbocycles. The van der Waals surface area contributed by atoms with Crippen LogP contribution in [0.1, 0.15) is 24.0 Å². The van der Waals surface area contributed by atoms with Crippen molar-refractivity contribution in [2.75, 3.05) is 6.61 Å². The molecule has 1 aromatic carbocycles. The predicted molar refractivity (Wildman–Crippen MR) is 54.6 cm³/mol. The van der Waals surface area contributed by atoms with Crippen LogP contribution in [0, 0.1) is 11.6 Å². The zero-order valence-electron chi connectivity index (χ0n) is 8.93. The maximum absolute atomic E-state index is 14.2. The number of isocyanates is 1. The summed E-state index contributed by atoms with van der Waals surface area (Å²) >= 11 is 0. The maximum Gasteiger partial charge on any atom is 0.235 e. The molecular formula is C12H9F2NO2. The van der Waals surface area contributed by atoms with E-state index < -0.39 is 17.2 Å². The van der Waals surface area contributed by atoms with Gasteiger partial charge in [-0.25, -0.2) is 13.6 Å². The van der Waals surface area contributed by atoms with E-state index in [-0.39, 0.29) is 11.3 Å². The second-order valence-corrected chi connectivity index (χ2v) is 4.36. The van der Waals surface area contributed by atoms with Gasteiger partial charge in [0.05, 0.1) is 12.2 Å². The number of halogens is 2. The van der Waals surface area contributed by atoms with Crippen LogP contribution in [0.5, 0.6) is 5.75 Å². The Labute approximate surface area is 96.1 Å². The summed E-state index contributed by atoms with van der Waals surface area (Å²) in [4.78, 5) is 13.9. The van der Waals surface area contributed by atoms with Crippen LogP contribution < -0.4 is 4.74 Å². The quantitative estimate of drug-likeness (QED) is 0.584. The summed E-state index contributed by atoms with van der Waals surface area (Å²) in [5.41, 5.74) is -0.744. The van der Waals surface area contributed by atoms with Crippen molar-refractivity contribution in [2.45, 2.75) is 24.8 Å². The van der Waals surface area contributed by atoms with Crippen molar-refractivity contribution >= 4 is 6.08 Å². The van der Waals surface area contributed by atoms with Crippen LogP contribution in [0.4, 0.5) is 8.78 Å². The third-order valence-corrected chi connectivity index (χ3v) is 3.34. The van der Waals surface area contributed by atoms with E-state index >= 15 is 0 Å². The third-order valence-electron chi connectivity index (χ3n) is 3.34. The van der Waals surface area contributed by atoms with Gasteiger partial charge in [0.25, 0.3) is 0 Å². The fraction of sp³-hybridized carbons (Fsp3) is 0.417. The van der Waals surface area contributed by atoms with Crippen molar-refractivity contribution in [3.8, 4) is 5.75 Å². The van der Waals surface area contributed by atoms with E-state index in [1.807, 2.05) is 0 Å². The van der Waals surface area contributed by atoms with Crippen LogP contribution in [0.3, 0.4) is 0 Å². The number of carbonyl (C=O) groups excluding carboxylic acids is 1. The molecule has 88 valence electrons. The van der Waals surface area contributed by atoms with Crippen molar-refractivity contribution in [1.82, 2.24) is 0 Å². The summed E-state index contributed by atoms with van der Waals surface area (Å²) in [5, 5.41) is 0. The molecule has 5 heteroatoms. The van der Waals surface area contributed by atoms with Crippen molar-refractivity contribution in [1.29, 1.82) is 0 Å². The van der Waals surface area contributed by atoms with Crippen molar-refractivity contribution in [3.63, 3.8) is 0 Å². The average molecular weight is 237 g/mol. The van der Waals surface area contributed by atoms with Gasteiger partial charge in [0, 0.05) is 18.1 Å². The van der Waals surface area contributed by atoms with Gasteiger partial charge in [0.15, 0.2) is 0 Å². The van der Waals surface area contributed by atoms with Gasteiger partial charge in [-0.1, -0.05) is 0 Å². The minimum absolute atomic E-state index is 0.106. The molecule has 17 heavy (non-hydrogen) atoms. The van der Waals surface area contributed by atoms with Crippen LogP contribution in [0.15, 0.2) is 11.1 Å². The molecule has 1 fully saturated rings. The molecule has 2 aliphatic rings. The molecule has 1 aliphatic carbocycles. The van der Waals surface area contributed by atoms with E-state index in [0.717, 1.165) is 0 Å². The first-order chi connectivity index (χ1) is 8.18. The molecule has 1 aliphatic heterocycles. The Bertz CT molecular complexity index is 546. The number of hydrogen-bond acceptors (Lipinski definition) is 3. The second kappa shape index (κ2) is 3.37. The number of benzene rings is 1. The minimum atomic E-state index is -1.02. The average Bonchev–Trinajstić information content (AvgIpc) is 2.89. The Hall–Kier alpha value is -1.74. The fourth-order valence-electron chi connectivity index (χ4n) is 2.31. The molecule has 0 spiro atoms. The van der Waals surface area contributed by atoms with Gasteiger partial charge in [0.2, 0.25) is 6.08 Å². The number of nitrogens with zero attached hydrogens (tertiary/aromatic N) is 1. The van der Waals surface area contributed by atoms with Gasteiger partial charge < -0.3 is 4.74 Å². The number of aliphatic imine (C=N–C) groups is 1. The summed E-state index contributed by atoms with van der Waals surface area (Å²) in [6.45, 7) is 0.360. The highest BCUT2D eigenvalue weighted by Crippen LogP contribution is 2.52. The van der Waals surface area contributed by atoms with Crippen LogP contribution in [0.2, 0.25) is 0 Å².